The van der Waals surface area contributed by atoms with Crippen molar-refractivity contribution in [2.45, 2.75) is 32.4 Å². The molecule has 0 bridgehead atoms. The van der Waals surface area contributed by atoms with Gasteiger partial charge in [-0.1, -0.05) is 43.3 Å². The molecule has 2 aromatic rings. The number of carbonyl (C=O) groups is 1. The molecular weight excluding hydrogens is 364 g/mol. The molecule has 2 aromatic carbocycles. The Bertz CT molecular complexity index is 925. The zero-order valence-corrected chi connectivity index (χ0v) is 16.5. The first kappa shape index (κ1) is 19.2. The van der Waals surface area contributed by atoms with Gasteiger partial charge in [0.05, 0.1) is 24.5 Å². The second-order valence-corrected chi connectivity index (χ2v) is 8.60. The molecule has 6 nitrogen and oxygen atoms in total. The Morgan fingerprint density at radius 3 is 2.52 bits per heavy atom. The van der Waals surface area contributed by atoms with Crippen molar-refractivity contribution in [3.63, 3.8) is 0 Å². The fraction of sp³-hybridized carbons (Fsp3) is 0.350. The molecule has 0 unspecified atom stereocenters. The average molecular weight is 388 g/mol. The number of para-hydroxylation sites is 2. The summed E-state index contributed by atoms with van der Waals surface area (Å²) in [6.45, 7) is 3.93. The van der Waals surface area contributed by atoms with Crippen LogP contribution >= 0.6 is 0 Å². The summed E-state index contributed by atoms with van der Waals surface area (Å²) >= 11 is 0. The highest BCUT2D eigenvalue weighted by atomic mass is 32.2. The van der Waals surface area contributed by atoms with Crippen molar-refractivity contribution in [1.29, 1.82) is 0 Å². The van der Waals surface area contributed by atoms with Gasteiger partial charge in [0.1, 0.15) is 5.75 Å². The van der Waals surface area contributed by atoms with Gasteiger partial charge in [-0.2, -0.15) is 0 Å². The third kappa shape index (κ3) is 4.24. The largest absolute Gasteiger partial charge is 0.476 e. The number of carbonyl (C=O) groups excluding carboxylic acids is 1. The molecule has 0 fully saturated rings. The molecule has 0 saturated heterocycles. The van der Waals surface area contributed by atoms with Crippen molar-refractivity contribution in [3.8, 4) is 5.75 Å². The van der Waals surface area contributed by atoms with Crippen LogP contribution in [-0.4, -0.2) is 33.2 Å². The second kappa shape index (κ2) is 7.60. The van der Waals surface area contributed by atoms with Crippen LogP contribution in [0.15, 0.2) is 48.5 Å². The monoisotopic (exact) mass is 388 g/mol. The summed E-state index contributed by atoms with van der Waals surface area (Å²) in [5, 5.41) is 2.92. The van der Waals surface area contributed by atoms with Gasteiger partial charge in [-0.15, -0.1) is 0 Å². The van der Waals surface area contributed by atoms with E-state index in [-0.39, 0.29) is 18.5 Å². The van der Waals surface area contributed by atoms with Gasteiger partial charge in [-0.05, 0) is 36.6 Å². The van der Waals surface area contributed by atoms with Crippen LogP contribution in [0.25, 0.3) is 0 Å². The van der Waals surface area contributed by atoms with E-state index in [2.05, 4.69) is 12.2 Å². The number of aryl methyl sites for hydroxylation is 1. The van der Waals surface area contributed by atoms with Crippen molar-refractivity contribution in [3.05, 3.63) is 59.7 Å². The second-order valence-electron chi connectivity index (χ2n) is 6.69. The quantitative estimate of drug-likeness (QED) is 0.854. The lowest BCUT2D eigenvalue weighted by atomic mass is 10.0. The number of hydrogen-bond donors (Lipinski definition) is 1. The van der Waals surface area contributed by atoms with E-state index in [0.717, 1.165) is 18.2 Å². The fourth-order valence-electron chi connectivity index (χ4n) is 3.08. The molecule has 0 aromatic heterocycles. The first-order chi connectivity index (χ1) is 12.8. The van der Waals surface area contributed by atoms with Gasteiger partial charge >= 0.3 is 0 Å². The van der Waals surface area contributed by atoms with Crippen LogP contribution in [0, 0.1) is 0 Å². The maximum Gasteiger partial charge on any atom is 0.263 e. The van der Waals surface area contributed by atoms with Gasteiger partial charge in [-0.3, -0.25) is 9.10 Å². The van der Waals surface area contributed by atoms with E-state index in [9.17, 15) is 13.2 Å². The molecule has 1 aliphatic heterocycles. The lowest BCUT2D eigenvalue weighted by Crippen LogP contribution is -2.50. The Morgan fingerprint density at radius 2 is 1.89 bits per heavy atom. The normalized spacial score (nSPS) is 17.6. The van der Waals surface area contributed by atoms with Crippen LogP contribution < -0.4 is 14.4 Å². The molecule has 1 N–H and O–H groups in total. The summed E-state index contributed by atoms with van der Waals surface area (Å²) in [7, 11) is -3.52. The van der Waals surface area contributed by atoms with Gasteiger partial charge in [0.15, 0.2) is 6.10 Å². The number of hydrogen-bond acceptors (Lipinski definition) is 4. The minimum atomic E-state index is -3.52. The summed E-state index contributed by atoms with van der Waals surface area (Å²) in [5.74, 6) is 0.0412. The highest BCUT2D eigenvalue weighted by Gasteiger charge is 2.35. The molecule has 3 rings (SSSR count). The van der Waals surface area contributed by atoms with Crippen molar-refractivity contribution in [1.82, 2.24) is 5.32 Å². The Hall–Kier alpha value is -2.54. The first-order valence-corrected chi connectivity index (χ1v) is 10.8. The van der Waals surface area contributed by atoms with Crippen LogP contribution in [0.2, 0.25) is 0 Å². The first-order valence-electron chi connectivity index (χ1n) is 8.92. The number of fused-ring (bicyclic) bond motifs is 1. The summed E-state index contributed by atoms with van der Waals surface area (Å²) < 4.78 is 31.3. The van der Waals surface area contributed by atoms with Crippen molar-refractivity contribution in [2.24, 2.45) is 0 Å². The number of nitrogens with zero attached hydrogens (tertiary/aromatic N) is 1. The smallest absolute Gasteiger partial charge is 0.263 e. The van der Waals surface area contributed by atoms with E-state index in [0.29, 0.717) is 11.4 Å². The topological polar surface area (TPSA) is 75.7 Å². The maximum absolute atomic E-state index is 12.7. The molecule has 1 heterocycles. The van der Waals surface area contributed by atoms with Gasteiger partial charge < -0.3 is 10.1 Å². The highest BCUT2D eigenvalue weighted by Crippen LogP contribution is 2.34. The van der Waals surface area contributed by atoms with Gasteiger partial charge in [0.2, 0.25) is 10.0 Å². The van der Waals surface area contributed by atoms with Crippen molar-refractivity contribution < 1.29 is 17.9 Å². The van der Waals surface area contributed by atoms with Crippen molar-refractivity contribution in [2.75, 3.05) is 17.1 Å². The average Bonchev–Trinajstić information content (AvgIpc) is 2.66. The Balaban J connectivity index is 1.76. The van der Waals surface area contributed by atoms with E-state index < -0.39 is 16.1 Å². The third-order valence-electron chi connectivity index (χ3n) is 4.67. The molecule has 144 valence electrons. The van der Waals surface area contributed by atoms with Crippen LogP contribution in [0.5, 0.6) is 5.75 Å². The van der Waals surface area contributed by atoms with Gasteiger partial charge in [-0.25, -0.2) is 8.42 Å². The van der Waals surface area contributed by atoms with E-state index in [1.165, 1.54) is 9.87 Å². The molecule has 2 atom stereocenters. The standard InChI is InChI=1S/C20H24N2O4S/c1-4-15-9-11-16(12-10-15)14(2)21-20(23)19-13-22(27(3,24)25)17-7-5-6-8-18(17)26-19/h5-12,14,19H,4,13H2,1-3H3,(H,21,23)/t14-,19-/m0/s1. The number of anilines is 1. The van der Waals surface area contributed by atoms with Crippen molar-refractivity contribution >= 4 is 21.6 Å². The Morgan fingerprint density at radius 1 is 1.22 bits per heavy atom. The van der Waals surface area contributed by atoms with E-state index >= 15 is 0 Å². The Labute approximate surface area is 160 Å². The zero-order valence-electron chi connectivity index (χ0n) is 15.7. The van der Waals surface area contributed by atoms with Gasteiger partial charge in [0.25, 0.3) is 5.91 Å². The molecule has 0 aliphatic carbocycles. The predicted molar refractivity (Wildman–Crippen MR) is 105 cm³/mol. The van der Waals surface area contributed by atoms with E-state index in [1.54, 1.807) is 24.3 Å². The minimum absolute atomic E-state index is 0.0524. The Kier molecular flexibility index (Phi) is 5.41. The number of nitrogens with one attached hydrogen (secondary N) is 1. The molecule has 27 heavy (non-hydrogen) atoms. The number of amides is 1. The lowest BCUT2D eigenvalue weighted by molar-refractivity contribution is -0.128. The van der Waals surface area contributed by atoms with E-state index in [1.807, 2.05) is 31.2 Å². The number of ether oxygens (including phenoxy) is 1. The number of rotatable bonds is 5. The number of benzene rings is 2. The predicted octanol–water partition coefficient (Wildman–Crippen LogP) is 2.65. The SMILES string of the molecule is CCc1ccc([C@H](C)NC(=O)[C@@H]2CN(S(C)(=O)=O)c3ccccc3O2)cc1. The summed E-state index contributed by atoms with van der Waals surface area (Å²) in [6.07, 6.45) is 1.17. The van der Waals surface area contributed by atoms with Crippen LogP contribution in [0.4, 0.5) is 5.69 Å². The maximum atomic E-state index is 12.7. The molecule has 7 heteroatoms. The van der Waals surface area contributed by atoms with Crippen LogP contribution in [0.3, 0.4) is 0 Å². The molecule has 1 aliphatic rings. The molecule has 0 spiro atoms. The van der Waals surface area contributed by atoms with Gasteiger partial charge in [0, 0.05) is 0 Å². The summed E-state index contributed by atoms with van der Waals surface area (Å²) in [6, 6.07) is 14.7. The number of sulfonamides is 1. The fourth-order valence-corrected chi connectivity index (χ4v) is 4.00. The summed E-state index contributed by atoms with van der Waals surface area (Å²) in [5.41, 5.74) is 2.66. The highest BCUT2D eigenvalue weighted by molar-refractivity contribution is 7.92. The van der Waals surface area contributed by atoms with Crippen LogP contribution in [0.1, 0.15) is 31.0 Å². The third-order valence-corrected chi connectivity index (χ3v) is 5.82. The molecule has 0 radical (unpaired) electrons. The molecule has 0 saturated carbocycles. The molecular formula is C20H24N2O4S. The van der Waals surface area contributed by atoms with Crippen LogP contribution in [-0.2, 0) is 21.2 Å². The minimum Gasteiger partial charge on any atom is -0.476 e. The van der Waals surface area contributed by atoms with E-state index in [4.69, 9.17) is 4.74 Å². The lowest BCUT2D eigenvalue weighted by Gasteiger charge is -2.34. The summed E-state index contributed by atoms with van der Waals surface area (Å²) in [4.78, 5) is 12.7. The molecule has 1 amide bonds. The zero-order chi connectivity index (χ0) is 19.6.